The highest BCUT2D eigenvalue weighted by atomic mass is 16.3. The van der Waals surface area contributed by atoms with Crippen molar-refractivity contribution in [2.75, 3.05) is 6.61 Å². The molecule has 13 heavy (non-hydrogen) atoms. The summed E-state index contributed by atoms with van der Waals surface area (Å²) in [7, 11) is 0. The average molecular weight is 184 g/mol. The van der Waals surface area contributed by atoms with E-state index in [4.69, 9.17) is 10.2 Å². The molecule has 0 radical (unpaired) electrons. The van der Waals surface area contributed by atoms with Crippen LogP contribution in [0.5, 0.6) is 0 Å². The zero-order valence-electron chi connectivity index (χ0n) is 8.75. The maximum atomic E-state index is 9.10. The van der Waals surface area contributed by atoms with E-state index >= 15 is 0 Å². The number of aliphatic hydroxyl groups is 2. The second-order valence-electron chi connectivity index (χ2n) is 3.58. The van der Waals surface area contributed by atoms with Gasteiger partial charge in [0.05, 0.1) is 12.7 Å². The van der Waals surface area contributed by atoms with E-state index < -0.39 is 6.10 Å². The van der Waals surface area contributed by atoms with Gasteiger partial charge < -0.3 is 10.2 Å². The van der Waals surface area contributed by atoms with Crippen LogP contribution in [-0.4, -0.2) is 22.9 Å². The van der Waals surface area contributed by atoms with Gasteiger partial charge in [0.25, 0.3) is 0 Å². The van der Waals surface area contributed by atoms with E-state index in [0.717, 1.165) is 18.4 Å². The monoisotopic (exact) mass is 184 g/mol. The molecule has 2 N–H and O–H groups in total. The van der Waals surface area contributed by atoms with E-state index in [2.05, 4.69) is 19.9 Å². The minimum atomic E-state index is -0.702. The van der Waals surface area contributed by atoms with Crippen LogP contribution in [0.15, 0.2) is 23.3 Å². The van der Waals surface area contributed by atoms with Crippen LogP contribution in [0.4, 0.5) is 0 Å². The standard InChI is InChI=1S/C11H20O2/c1-9(2)5-4-6-10(3)7-11(13)8-12/h5,7,11-13H,4,6,8H2,1-3H3/b10-7-/t11-/m0/s1. The largest absolute Gasteiger partial charge is 0.393 e. The normalized spacial score (nSPS) is 14.1. The van der Waals surface area contributed by atoms with Crippen molar-refractivity contribution in [3.63, 3.8) is 0 Å². The Morgan fingerprint density at radius 1 is 1.31 bits per heavy atom. The van der Waals surface area contributed by atoms with E-state index in [-0.39, 0.29) is 6.61 Å². The molecular formula is C11H20O2. The second kappa shape index (κ2) is 6.87. The molecule has 0 aromatic rings. The molecule has 0 rings (SSSR count). The topological polar surface area (TPSA) is 40.5 Å². The van der Waals surface area contributed by atoms with Crippen molar-refractivity contribution in [3.05, 3.63) is 23.3 Å². The maximum absolute atomic E-state index is 9.10. The smallest absolute Gasteiger partial charge is 0.0954 e. The van der Waals surface area contributed by atoms with Gasteiger partial charge >= 0.3 is 0 Å². The third-order valence-electron chi connectivity index (χ3n) is 1.76. The number of hydrogen-bond donors (Lipinski definition) is 2. The van der Waals surface area contributed by atoms with Crippen molar-refractivity contribution in [3.8, 4) is 0 Å². The Morgan fingerprint density at radius 2 is 1.92 bits per heavy atom. The molecule has 0 aromatic heterocycles. The zero-order valence-corrected chi connectivity index (χ0v) is 8.75. The molecule has 0 spiro atoms. The molecule has 0 aliphatic carbocycles. The van der Waals surface area contributed by atoms with Gasteiger partial charge in [-0.15, -0.1) is 0 Å². The second-order valence-corrected chi connectivity index (χ2v) is 3.58. The van der Waals surface area contributed by atoms with Gasteiger partial charge in [-0.25, -0.2) is 0 Å². The summed E-state index contributed by atoms with van der Waals surface area (Å²) in [6, 6.07) is 0. The Labute approximate surface area is 80.6 Å². The van der Waals surface area contributed by atoms with Crippen molar-refractivity contribution < 1.29 is 10.2 Å². The van der Waals surface area contributed by atoms with E-state index in [9.17, 15) is 0 Å². The summed E-state index contributed by atoms with van der Waals surface area (Å²) >= 11 is 0. The van der Waals surface area contributed by atoms with Crippen LogP contribution in [-0.2, 0) is 0 Å². The molecular weight excluding hydrogens is 164 g/mol. The minimum Gasteiger partial charge on any atom is -0.393 e. The van der Waals surface area contributed by atoms with Gasteiger partial charge in [0.1, 0.15) is 0 Å². The Balaban J connectivity index is 3.80. The average Bonchev–Trinajstić information content (AvgIpc) is 2.03. The van der Waals surface area contributed by atoms with Crippen molar-refractivity contribution in [2.24, 2.45) is 0 Å². The highest BCUT2D eigenvalue weighted by Gasteiger charge is 1.97. The SMILES string of the molecule is CC(C)=CCC/C(C)=C\[C@H](O)CO. The first-order valence-corrected chi connectivity index (χ1v) is 4.66. The first-order chi connectivity index (χ1) is 6.06. The Hall–Kier alpha value is -0.600. The van der Waals surface area contributed by atoms with Crippen molar-refractivity contribution in [1.29, 1.82) is 0 Å². The molecule has 0 saturated carbocycles. The molecule has 0 amide bonds. The van der Waals surface area contributed by atoms with Crippen molar-refractivity contribution >= 4 is 0 Å². The summed E-state index contributed by atoms with van der Waals surface area (Å²) in [5.74, 6) is 0. The predicted molar refractivity (Wildman–Crippen MR) is 55.5 cm³/mol. The number of allylic oxidation sites excluding steroid dienone is 3. The Morgan fingerprint density at radius 3 is 2.38 bits per heavy atom. The van der Waals surface area contributed by atoms with Crippen LogP contribution in [0.25, 0.3) is 0 Å². The summed E-state index contributed by atoms with van der Waals surface area (Å²) in [4.78, 5) is 0. The molecule has 1 atom stereocenters. The number of rotatable bonds is 5. The lowest BCUT2D eigenvalue weighted by Gasteiger charge is -2.03. The molecule has 76 valence electrons. The molecule has 0 aliphatic heterocycles. The Kier molecular flexibility index (Phi) is 6.55. The molecule has 0 unspecified atom stereocenters. The molecule has 0 saturated heterocycles. The molecule has 2 heteroatoms. The first kappa shape index (κ1) is 12.4. The summed E-state index contributed by atoms with van der Waals surface area (Å²) in [6.45, 7) is 5.92. The molecule has 0 heterocycles. The fourth-order valence-corrected chi connectivity index (χ4v) is 1.05. The summed E-state index contributed by atoms with van der Waals surface area (Å²) < 4.78 is 0. The van der Waals surface area contributed by atoms with Crippen LogP contribution >= 0.6 is 0 Å². The van der Waals surface area contributed by atoms with Crippen LogP contribution in [0.1, 0.15) is 33.6 Å². The molecule has 0 aromatic carbocycles. The summed E-state index contributed by atoms with van der Waals surface area (Å²) in [6.07, 6.45) is 5.12. The molecule has 0 bridgehead atoms. The lowest BCUT2D eigenvalue weighted by Crippen LogP contribution is -2.08. The van der Waals surface area contributed by atoms with Gasteiger partial charge in [0.2, 0.25) is 0 Å². The van der Waals surface area contributed by atoms with Crippen molar-refractivity contribution in [2.45, 2.75) is 39.7 Å². The summed E-state index contributed by atoms with van der Waals surface area (Å²) in [5, 5.41) is 17.7. The molecule has 0 aliphatic rings. The first-order valence-electron chi connectivity index (χ1n) is 4.66. The van der Waals surface area contributed by atoms with Gasteiger partial charge in [-0.2, -0.15) is 0 Å². The van der Waals surface area contributed by atoms with Crippen LogP contribution < -0.4 is 0 Å². The lowest BCUT2D eigenvalue weighted by molar-refractivity contribution is 0.130. The third-order valence-corrected chi connectivity index (χ3v) is 1.76. The number of aliphatic hydroxyl groups excluding tert-OH is 2. The van der Waals surface area contributed by atoms with Gasteiger partial charge in [0, 0.05) is 0 Å². The zero-order chi connectivity index (χ0) is 10.3. The fraction of sp³-hybridized carbons (Fsp3) is 0.636. The van der Waals surface area contributed by atoms with Crippen LogP contribution in [0.2, 0.25) is 0 Å². The van der Waals surface area contributed by atoms with Gasteiger partial charge in [-0.3, -0.25) is 0 Å². The highest BCUT2D eigenvalue weighted by molar-refractivity contribution is 5.04. The van der Waals surface area contributed by atoms with Crippen LogP contribution in [0.3, 0.4) is 0 Å². The van der Waals surface area contributed by atoms with E-state index in [1.165, 1.54) is 5.57 Å². The number of hydrogen-bond acceptors (Lipinski definition) is 2. The van der Waals surface area contributed by atoms with Crippen LogP contribution in [0, 0.1) is 0 Å². The summed E-state index contributed by atoms with van der Waals surface area (Å²) in [5.41, 5.74) is 2.44. The van der Waals surface area contributed by atoms with E-state index in [0.29, 0.717) is 0 Å². The van der Waals surface area contributed by atoms with E-state index in [1.54, 1.807) is 6.08 Å². The predicted octanol–water partition coefficient (Wildman–Crippen LogP) is 2.03. The van der Waals surface area contributed by atoms with Gasteiger partial charge in [-0.1, -0.05) is 23.3 Å². The molecule has 0 fully saturated rings. The minimum absolute atomic E-state index is 0.194. The van der Waals surface area contributed by atoms with E-state index in [1.807, 2.05) is 6.92 Å². The molecule has 2 nitrogen and oxygen atoms in total. The Bertz CT molecular complexity index is 188. The maximum Gasteiger partial charge on any atom is 0.0954 e. The van der Waals surface area contributed by atoms with Gasteiger partial charge in [0.15, 0.2) is 0 Å². The third kappa shape index (κ3) is 7.75. The fourth-order valence-electron chi connectivity index (χ4n) is 1.05. The highest BCUT2D eigenvalue weighted by Crippen LogP contribution is 2.07. The quantitative estimate of drug-likeness (QED) is 0.642. The van der Waals surface area contributed by atoms with Gasteiger partial charge in [-0.05, 0) is 33.6 Å². The van der Waals surface area contributed by atoms with Crippen molar-refractivity contribution in [1.82, 2.24) is 0 Å². The lowest BCUT2D eigenvalue weighted by atomic mass is 10.1.